The summed E-state index contributed by atoms with van der Waals surface area (Å²) < 4.78 is -0.403. The summed E-state index contributed by atoms with van der Waals surface area (Å²) in [5, 5.41) is 30.1. The van der Waals surface area contributed by atoms with E-state index in [-0.39, 0.29) is 25.8 Å². The minimum absolute atomic E-state index is 0.194. The summed E-state index contributed by atoms with van der Waals surface area (Å²) >= 11 is 0. The van der Waals surface area contributed by atoms with Crippen LogP contribution < -0.4 is 0 Å². The summed E-state index contributed by atoms with van der Waals surface area (Å²) in [5.74, 6) is -3.34. The molecule has 7 nitrogen and oxygen atoms in total. The zero-order chi connectivity index (χ0) is 31.6. The molecule has 0 saturated heterocycles. The number of carboxylic acids is 3. The molecule has 0 amide bonds. The van der Waals surface area contributed by atoms with E-state index in [1.54, 1.807) is 20.8 Å². The van der Waals surface area contributed by atoms with Crippen LogP contribution in [0, 0.1) is 0 Å². The smallest absolute Gasteiger partial charge is 0.362 e. The normalized spacial score (nSPS) is 15.3. The summed E-state index contributed by atoms with van der Waals surface area (Å²) in [5.41, 5.74) is 0. The van der Waals surface area contributed by atoms with Gasteiger partial charge < -0.3 is 15.3 Å². The lowest BCUT2D eigenvalue weighted by Gasteiger charge is -2.49. The molecule has 0 aliphatic rings. The largest absolute Gasteiger partial charge is 0.477 e. The van der Waals surface area contributed by atoms with E-state index in [0.717, 1.165) is 19.3 Å². The highest BCUT2D eigenvalue weighted by atomic mass is 16.4. The number of carbonyl (C=O) groups is 3. The van der Waals surface area contributed by atoms with Crippen molar-refractivity contribution in [2.75, 3.05) is 6.54 Å². The van der Waals surface area contributed by atoms with Crippen molar-refractivity contribution in [3.05, 3.63) is 12.2 Å². The lowest BCUT2D eigenvalue weighted by Crippen LogP contribution is -2.72. The van der Waals surface area contributed by atoms with E-state index in [1.807, 2.05) is 0 Å². The number of rotatable bonds is 30. The Bertz CT molecular complexity index is 682. The number of allylic oxidation sites excluding steroid dienone is 2. The molecule has 3 atom stereocenters. The Morgan fingerprint density at radius 2 is 0.762 bits per heavy atom. The van der Waals surface area contributed by atoms with Crippen molar-refractivity contribution in [3.8, 4) is 0 Å². The van der Waals surface area contributed by atoms with E-state index in [9.17, 15) is 29.7 Å². The molecule has 3 unspecified atom stereocenters. The highest BCUT2D eigenvalue weighted by molar-refractivity contribution is 5.78. The highest BCUT2D eigenvalue weighted by Gasteiger charge is 2.55. The molecule has 0 spiro atoms. The van der Waals surface area contributed by atoms with Crippen LogP contribution in [-0.2, 0) is 14.4 Å². The standard InChI is InChI=1S/C35H65NO6/c1-5-9-10-11-12-13-14-15-16-17-18-19-20-21-22-23-24-25-26-27-28-29-36(30(6-2)33(37)38,31(7-3)34(39)40)32(8-4)35(41)42/h12-13,30-32H,5-11,14-29H2,1-4H3,(H2-,37,38,39,40,41,42)/p+1/b13-12+. The van der Waals surface area contributed by atoms with Gasteiger partial charge in [0.25, 0.3) is 0 Å². The molecule has 0 aliphatic carbocycles. The second-order valence-electron chi connectivity index (χ2n) is 12.2. The number of nitrogens with zero attached hydrogens (tertiary/aromatic N) is 1. The molecule has 0 aromatic heterocycles. The predicted octanol–water partition coefficient (Wildman–Crippen LogP) is 9.38. The monoisotopic (exact) mass is 596 g/mol. The van der Waals surface area contributed by atoms with Gasteiger partial charge >= 0.3 is 17.9 Å². The maximum absolute atomic E-state index is 12.3. The van der Waals surface area contributed by atoms with Crippen LogP contribution in [-0.4, -0.2) is 62.4 Å². The number of aliphatic carboxylic acids is 3. The summed E-state index contributed by atoms with van der Waals surface area (Å²) in [4.78, 5) is 36.8. The molecule has 0 heterocycles. The molecule has 42 heavy (non-hydrogen) atoms. The lowest BCUT2D eigenvalue weighted by molar-refractivity contribution is -0.973. The molecule has 0 bridgehead atoms. The first-order chi connectivity index (χ1) is 20.2. The highest BCUT2D eigenvalue weighted by Crippen LogP contribution is 2.32. The number of unbranched alkanes of at least 4 members (excludes halogenated alkanes) is 17. The Hall–Kier alpha value is -1.89. The number of hydrogen-bond donors (Lipinski definition) is 3. The van der Waals surface area contributed by atoms with E-state index in [2.05, 4.69) is 19.1 Å². The Labute approximate surface area is 257 Å². The Balaban J connectivity index is 4.35. The van der Waals surface area contributed by atoms with Gasteiger partial charge in [-0.15, -0.1) is 0 Å². The van der Waals surface area contributed by atoms with Crippen LogP contribution in [0.1, 0.15) is 169 Å². The minimum Gasteiger partial charge on any atom is -0.477 e. The molecule has 0 fully saturated rings. The lowest BCUT2D eigenvalue weighted by atomic mass is 9.93. The maximum Gasteiger partial charge on any atom is 0.362 e. The van der Waals surface area contributed by atoms with Crippen molar-refractivity contribution in [2.45, 2.75) is 187 Å². The minimum atomic E-state index is -1.11. The van der Waals surface area contributed by atoms with Crippen molar-refractivity contribution in [2.24, 2.45) is 0 Å². The molecule has 0 radical (unpaired) electrons. The van der Waals surface area contributed by atoms with Gasteiger partial charge in [0.1, 0.15) is 0 Å². The van der Waals surface area contributed by atoms with Crippen molar-refractivity contribution >= 4 is 17.9 Å². The molecule has 3 N–H and O–H groups in total. The molecule has 0 rings (SSSR count). The third-order valence-electron chi connectivity index (χ3n) is 9.06. The van der Waals surface area contributed by atoms with Gasteiger partial charge in [-0.05, 0) is 38.5 Å². The van der Waals surface area contributed by atoms with Gasteiger partial charge in [-0.1, -0.05) is 123 Å². The van der Waals surface area contributed by atoms with Gasteiger partial charge in [-0.2, -0.15) is 0 Å². The van der Waals surface area contributed by atoms with Crippen molar-refractivity contribution in [1.29, 1.82) is 0 Å². The fourth-order valence-corrected chi connectivity index (χ4v) is 6.80. The topological polar surface area (TPSA) is 112 Å². The number of quaternary nitrogens is 1. The first kappa shape index (κ1) is 40.1. The third kappa shape index (κ3) is 15.5. The maximum atomic E-state index is 12.3. The second kappa shape index (κ2) is 25.6. The molecule has 0 aromatic carbocycles. The molecule has 0 saturated carbocycles. The number of hydrogen-bond acceptors (Lipinski definition) is 3. The van der Waals surface area contributed by atoms with Crippen LogP contribution in [0.5, 0.6) is 0 Å². The van der Waals surface area contributed by atoms with Crippen LogP contribution in [0.2, 0.25) is 0 Å². The van der Waals surface area contributed by atoms with Crippen molar-refractivity contribution in [1.82, 2.24) is 0 Å². The summed E-state index contributed by atoms with van der Waals surface area (Å²) in [6.45, 7) is 7.65. The zero-order valence-electron chi connectivity index (χ0n) is 27.7. The van der Waals surface area contributed by atoms with Gasteiger partial charge in [0.15, 0.2) is 18.1 Å². The average Bonchev–Trinajstić information content (AvgIpc) is 2.94. The van der Waals surface area contributed by atoms with Gasteiger partial charge in [0, 0.05) is 19.3 Å². The summed E-state index contributed by atoms with van der Waals surface area (Å²) in [6, 6.07) is -3.18. The fraction of sp³-hybridized carbons (Fsp3) is 0.857. The van der Waals surface area contributed by atoms with E-state index in [4.69, 9.17) is 0 Å². The molecule has 0 aromatic rings. The van der Waals surface area contributed by atoms with Gasteiger partial charge in [0.05, 0.1) is 6.54 Å². The fourth-order valence-electron chi connectivity index (χ4n) is 6.80. The van der Waals surface area contributed by atoms with Crippen LogP contribution >= 0.6 is 0 Å². The Morgan fingerprint density at radius 1 is 0.476 bits per heavy atom. The molecule has 0 aliphatic heterocycles. The third-order valence-corrected chi connectivity index (χ3v) is 9.06. The van der Waals surface area contributed by atoms with Gasteiger partial charge in [0.2, 0.25) is 0 Å². The SMILES string of the molecule is CCCCC/C=C/CCCCCCCCCCCCCCCC[N+](C(CC)C(=O)O)(C(CC)C(=O)O)C(CC)C(=O)O. The Kier molecular flexibility index (Phi) is 24.4. The zero-order valence-corrected chi connectivity index (χ0v) is 27.7. The molecule has 7 heteroatoms. The Morgan fingerprint density at radius 3 is 1.05 bits per heavy atom. The van der Waals surface area contributed by atoms with Gasteiger partial charge in [-0.3, -0.25) is 4.48 Å². The molecular weight excluding hydrogens is 530 g/mol. The summed E-state index contributed by atoms with van der Waals surface area (Å²) in [6.07, 6.45) is 28.4. The van der Waals surface area contributed by atoms with Crippen LogP contribution in [0.3, 0.4) is 0 Å². The van der Waals surface area contributed by atoms with E-state index in [1.165, 1.54) is 96.3 Å². The molecule has 246 valence electrons. The summed E-state index contributed by atoms with van der Waals surface area (Å²) in [7, 11) is 0. The van der Waals surface area contributed by atoms with Crippen LogP contribution in [0.15, 0.2) is 12.2 Å². The first-order valence-electron chi connectivity index (χ1n) is 17.4. The first-order valence-corrected chi connectivity index (χ1v) is 17.4. The van der Waals surface area contributed by atoms with Crippen LogP contribution in [0.4, 0.5) is 0 Å². The average molecular weight is 597 g/mol. The molecular formula is C35H66NO6+. The van der Waals surface area contributed by atoms with E-state index in [0.29, 0.717) is 6.42 Å². The van der Waals surface area contributed by atoms with Crippen LogP contribution in [0.25, 0.3) is 0 Å². The van der Waals surface area contributed by atoms with E-state index < -0.39 is 40.5 Å². The van der Waals surface area contributed by atoms with Crippen molar-refractivity contribution in [3.63, 3.8) is 0 Å². The second-order valence-corrected chi connectivity index (χ2v) is 12.2. The van der Waals surface area contributed by atoms with E-state index >= 15 is 0 Å². The predicted molar refractivity (Wildman–Crippen MR) is 173 cm³/mol. The van der Waals surface area contributed by atoms with Gasteiger partial charge in [-0.25, -0.2) is 14.4 Å². The van der Waals surface area contributed by atoms with Crippen molar-refractivity contribution < 1.29 is 34.2 Å². The quantitative estimate of drug-likeness (QED) is 0.0433. The number of carboxylic acid groups (broad SMARTS) is 3.